The average molecular weight is 642 g/mol. The first kappa shape index (κ1) is 43.2. The molecule has 0 spiro atoms. The summed E-state index contributed by atoms with van der Waals surface area (Å²) < 4.78 is 11.3. The zero-order chi connectivity index (χ0) is 32.4. The first-order valence-corrected chi connectivity index (χ1v) is 20.3. The third kappa shape index (κ3) is 34.1. The fourth-order valence-corrected chi connectivity index (χ4v) is 6.51. The number of carbonyl (C=O) groups excluding carboxylic acids is 2. The fraction of sp³-hybridized carbons (Fsp3) is 0.947. The van der Waals surface area contributed by atoms with E-state index in [1.165, 1.54) is 141 Å². The van der Waals surface area contributed by atoms with Crippen molar-refractivity contribution >= 4 is 23.7 Å². The first-order chi connectivity index (χ1) is 21.5. The fourth-order valence-electron chi connectivity index (χ4n) is 5.58. The monoisotopic (exact) mass is 642 g/mol. The van der Waals surface area contributed by atoms with E-state index in [0.29, 0.717) is 18.6 Å². The maximum atomic E-state index is 12.5. The molecule has 0 saturated heterocycles. The molecule has 0 fully saturated rings. The molecule has 5 nitrogen and oxygen atoms in total. The Morgan fingerprint density at radius 1 is 0.523 bits per heavy atom. The summed E-state index contributed by atoms with van der Waals surface area (Å²) in [6, 6.07) is 0.0836. The molecule has 0 aliphatic carbocycles. The number of nitrogens with two attached hydrogens (primary N) is 1. The van der Waals surface area contributed by atoms with Gasteiger partial charge in [-0.15, -0.1) is 0 Å². The Morgan fingerprint density at radius 3 is 1.23 bits per heavy atom. The van der Waals surface area contributed by atoms with Crippen molar-refractivity contribution in [1.82, 2.24) is 0 Å². The second-order valence-electron chi connectivity index (χ2n) is 13.3. The zero-order valence-electron chi connectivity index (χ0n) is 29.7. The molecular formula is C38H75NO4S. The zero-order valence-corrected chi connectivity index (χ0v) is 30.5. The standard InChI is InChI=1S/C38H75NO4S/c1-4-6-8-10-12-14-16-18-20-22-24-26-28-30-37(40)42-32-36(34-44-33-35(3)39)43-38(41)31-29-27-25-23-21-19-17-15-13-11-9-7-5-2/h35-36H,4-34,39H2,1-3H3. The third-order valence-corrected chi connectivity index (χ3v) is 9.75. The molecule has 262 valence electrons. The molecule has 0 rings (SSSR count). The van der Waals surface area contributed by atoms with E-state index in [1.54, 1.807) is 11.8 Å². The van der Waals surface area contributed by atoms with Gasteiger partial charge in [-0.05, 0) is 19.8 Å². The summed E-state index contributed by atoms with van der Waals surface area (Å²) in [6.07, 6.45) is 33.9. The lowest BCUT2D eigenvalue weighted by Gasteiger charge is -2.18. The van der Waals surface area contributed by atoms with Crippen LogP contribution < -0.4 is 5.73 Å². The normalized spacial score (nSPS) is 12.7. The smallest absolute Gasteiger partial charge is 0.306 e. The van der Waals surface area contributed by atoms with Gasteiger partial charge >= 0.3 is 11.9 Å². The van der Waals surface area contributed by atoms with Crippen LogP contribution in [0, 0.1) is 0 Å². The van der Waals surface area contributed by atoms with E-state index in [0.717, 1.165) is 31.4 Å². The molecule has 2 unspecified atom stereocenters. The number of rotatable bonds is 35. The first-order valence-electron chi connectivity index (χ1n) is 19.2. The average Bonchev–Trinajstić information content (AvgIpc) is 3.00. The third-order valence-electron chi connectivity index (χ3n) is 8.38. The summed E-state index contributed by atoms with van der Waals surface area (Å²) in [7, 11) is 0. The summed E-state index contributed by atoms with van der Waals surface area (Å²) in [5.74, 6) is 1.05. The van der Waals surface area contributed by atoms with Crippen LogP contribution in [-0.4, -0.2) is 42.2 Å². The van der Waals surface area contributed by atoms with Crippen molar-refractivity contribution < 1.29 is 19.1 Å². The Hall–Kier alpha value is -0.750. The number of hydrogen-bond donors (Lipinski definition) is 1. The molecule has 0 aromatic heterocycles. The van der Waals surface area contributed by atoms with Gasteiger partial charge in [-0.25, -0.2) is 0 Å². The van der Waals surface area contributed by atoms with Crippen LogP contribution in [0.2, 0.25) is 0 Å². The van der Waals surface area contributed by atoms with Crippen LogP contribution in [0.25, 0.3) is 0 Å². The van der Waals surface area contributed by atoms with E-state index in [-0.39, 0.29) is 24.6 Å². The minimum absolute atomic E-state index is 0.0836. The Kier molecular flexibility index (Phi) is 34.5. The topological polar surface area (TPSA) is 78.6 Å². The second kappa shape index (κ2) is 35.1. The molecule has 0 heterocycles. The summed E-state index contributed by atoms with van der Waals surface area (Å²) in [5.41, 5.74) is 5.89. The van der Waals surface area contributed by atoms with Gasteiger partial charge in [0.2, 0.25) is 0 Å². The second-order valence-corrected chi connectivity index (χ2v) is 14.4. The number of hydrogen-bond acceptors (Lipinski definition) is 6. The van der Waals surface area contributed by atoms with Crippen LogP contribution in [0.5, 0.6) is 0 Å². The Morgan fingerprint density at radius 2 is 0.864 bits per heavy atom. The highest BCUT2D eigenvalue weighted by atomic mass is 32.2. The van der Waals surface area contributed by atoms with Gasteiger partial charge in [-0.1, -0.05) is 168 Å². The molecule has 0 saturated carbocycles. The lowest BCUT2D eigenvalue weighted by molar-refractivity contribution is -0.157. The predicted octanol–water partition coefficient (Wildman–Crippen LogP) is 11.5. The van der Waals surface area contributed by atoms with Crippen molar-refractivity contribution in [3.8, 4) is 0 Å². The van der Waals surface area contributed by atoms with Crippen LogP contribution in [-0.2, 0) is 19.1 Å². The molecule has 0 bridgehead atoms. The Balaban J connectivity index is 3.90. The lowest BCUT2D eigenvalue weighted by Crippen LogP contribution is -2.28. The quantitative estimate of drug-likeness (QED) is 0.0548. The summed E-state index contributed by atoms with van der Waals surface area (Å²) >= 11 is 1.66. The SMILES string of the molecule is CCCCCCCCCCCCCCCC(=O)OCC(CSCC(C)N)OC(=O)CCCCCCCCCCCCCCC. The molecule has 44 heavy (non-hydrogen) atoms. The van der Waals surface area contributed by atoms with E-state index >= 15 is 0 Å². The van der Waals surface area contributed by atoms with Crippen molar-refractivity contribution in [3.05, 3.63) is 0 Å². The highest BCUT2D eigenvalue weighted by molar-refractivity contribution is 7.99. The van der Waals surface area contributed by atoms with Crippen LogP contribution in [0.3, 0.4) is 0 Å². The molecule has 0 aromatic rings. The maximum Gasteiger partial charge on any atom is 0.306 e. The van der Waals surface area contributed by atoms with Gasteiger partial charge in [0.05, 0.1) is 0 Å². The van der Waals surface area contributed by atoms with E-state index in [2.05, 4.69) is 13.8 Å². The van der Waals surface area contributed by atoms with Crippen molar-refractivity contribution in [1.29, 1.82) is 0 Å². The summed E-state index contributed by atoms with van der Waals surface area (Å²) in [6.45, 7) is 6.65. The molecular weight excluding hydrogens is 566 g/mol. The van der Waals surface area contributed by atoms with Gasteiger partial charge in [0.15, 0.2) is 0 Å². The van der Waals surface area contributed by atoms with Crippen LogP contribution in [0.15, 0.2) is 0 Å². The number of esters is 2. The van der Waals surface area contributed by atoms with Crippen molar-refractivity contribution in [2.45, 2.75) is 213 Å². The molecule has 0 aliphatic heterocycles. The predicted molar refractivity (Wildman–Crippen MR) is 192 cm³/mol. The number of thioether (sulfide) groups is 1. The van der Waals surface area contributed by atoms with E-state index in [9.17, 15) is 9.59 Å². The molecule has 2 atom stereocenters. The molecule has 6 heteroatoms. The van der Waals surface area contributed by atoms with E-state index in [1.807, 2.05) is 6.92 Å². The molecule has 0 aliphatic rings. The summed E-state index contributed by atoms with van der Waals surface area (Å²) in [4.78, 5) is 24.8. The van der Waals surface area contributed by atoms with E-state index < -0.39 is 6.10 Å². The van der Waals surface area contributed by atoms with E-state index in [4.69, 9.17) is 15.2 Å². The number of unbranched alkanes of at least 4 members (excludes halogenated alkanes) is 24. The van der Waals surface area contributed by atoms with Crippen molar-refractivity contribution in [3.63, 3.8) is 0 Å². The largest absolute Gasteiger partial charge is 0.462 e. The van der Waals surface area contributed by atoms with Crippen molar-refractivity contribution in [2.24, 2.45) is 5.73 Å². The molecule has 0 amide bonds. The highest BCUT2D eigenvalue weighted by Gasteiger charge is 2.17. The highest BCUT2D eigenvalue weighted by Crippen LogP contribution is 2.16. The lowest BCUT2D eigenvalue weighted by atomic mass is 10.0. The molecule has 0 aromatic carbocycles. The van der Waals surface area contributed by atoms with Crippen molar-refractivity contribution in [2.75, 3.05) is 18.1 Å². The van der Waals surface area contributed by atoms with Gasteiger partial charge < -0.3 is 15.2 Å². The van der Waals surface area contributed by atoms with Gasteiger partial charge in [-0.2, -0.15) is 11.8 Å². The summed E-state index contributed by atoms with van der Waals surface area (Å²) in [5, 5.41) is 0. The van der Waals surface area contributed by atoms with Crippen LogP contribution in [0.4, 0.5) is 0 Å². The Labute approximate surface area is 278 Å². The van der Waals surface area contributed by atoms with Crippen LogP contribution in [0.1, 0.15) is 201 Å². The van der Waals surface area contributed by atoms with Gasteiger partial charge in [-0.3, -0.25) is 9.59 Å². The molecule has 2 N–H and O–H groups in total. The number of ether oxygens (including phenoxy) is 2. The van der Waals surface area contributed by atoms with Gasteiger partial charge in [0.1, 0.15) is 12.7 Å². The molecule has 0 radical (unpaired) electrons. The number of carbonyl (C=O) groups is 2. The van der Waals surface area contributed by atoms with Gasteiger partial charge in [0, 0.05) is 30.4 Å². The Bertz CT molecular complexity index is 616. The van der Waals surface area contributed by atoms with Crippen LogP contribution >= 0.6 is 11.8 Å². The van der Waals surface area contributed by atoms with Gasteiger partial charge in [0.25, 0.3) is 0 Å². The minimum atomic E-state index is -0.399. The maximum absolute atomic E-state index is 12.5. The minimum Gasteiger partial charge on any atom is -0.462 e.